The first kappa shape index (κ1) is 15.0. The molecule has 2 heterocycles. The van der Waals surface area contributed by atoms with Crippen molar-refractivity contribution in [1.82, 2.24) is 20.2 Å². The topological polar surface area (TPSA) is 84.4 Å². The van der Waals surface area contributed by atoms with Crippen molar-refractivity contribution < 1.29 is 14.3 Å². The summed E-state index contributed by atoms with van der Waals surface area (Å²) in [7, 11) is 1.54. The quantitative estimate of drug-likeness (QED) is 0.901. The second kappa shape index (κ2) is 6.43. The van der Waals surface area contributed by atoms with E-state index in [1.807, 2.05) is 0 Å². The van der Waals surface area contributed by atoms with Crippen LogP contribution in [0.4, 0.5) is 0 Å². The van der Waals surface area contributed by atoms with Gasteiger partial charge >= 0.3 is 0 Å². The lowest BCUT2D eigenvalue weighted by atomic mass is 10.2. The molecule has 0 unspecified atom stereocenters. The van der Waals surface area contributed by atoms with Crippen LogP contribution in [0.1, 0.15) is 21.6 Å². The number of methoxy groups -OCH3 is 1. The van der Waals surface area contributed by atoms with Gasteiger partial charge in [-0.05, 0) is 18.2 Å². The summed E-state index contributed by atoms with van der Waals surface area (Å²) in [5.74, 6) is 0.130. The number of carbonyl (C=O) groups is 2. The van der Waals surface area contributed by atoms with Crippen molar-refractivity contribution in [3.63, 3.8) is 0 Å². The molecule has 2 amide bonds. The van der Waals surface area contributed by atoms with Gasteiger partial charge in [0.15, 0.2) is 0 Å². The molecule has 7 heteroatoms. The summed E-state index contributed by atoms with van der Waals surface area (Å²) in [6.07, 6.45) is 3.18. The van der Waals surface area contributed by atoms with Gasteiger partial charge in [-0.15, -0.1) is 0 Å². The van der Waals surface area contributed by atoms with Crippen LogP contribution < -0.4 is 10.1 Å². The Morgan fingerprint density at radius 1 is 1.35 bits per heavy atom. The van der Waals surface area contributed by atoms with Crippen LogP contribution in [0, 0.1) is 0 Å². The van der Waals surface area contributed by atoms with Crippen molar-refractivity contribution in [2.45, 2.75) is 13.1 Å². The van der Waals surface area contributed by atoms with Crippen LogP contribution in [0.15, 0.2) is 36.8 Å². The molecule has 1 aromatic heterocycles. The number of benzene rings is 1. The zero-order valence-electron chi connectivity index (χ0n) is 12.7. The number of amides is 2. The average molecular weight is 312 g/mol. The minimum atomic E-state index is -0.311. The fourth-order valence-electron chi connectivity index (χ4n) is 2.41. The summed E-state index contributed by atoms with van der Waals surface area (Å²) >= 11 is 0. The van der Waals surface area contributed by atoms with Crippen LogP contribution in [0.25, 0.3) is 0 Å². The fourth-order valence-corrected chi connectivity index (χ4v) is 2.41. The fraction of sp³-hybridized carbons (Fsp3) is 0.250. The molecule has 0 fully saturated rings. The van der Waals surface area contributed by atoms with Crippen LogP contribution in [0.2, 0.25) is 0 Å². The maximum absolute atomic E-state index is 12.2. The van der Waals surface area contributed by atoms with Gasteiger partial charge in [0.05, 0.1) is 25.9 Å². The van der Waals surface area contributed by atoms with Gasteiger partial charge in [0.1, 0.15) is 12.1 Å². The maximum atomic E-state index is 12.2. The Bertz CT molecular complexity index is 723. The van der Waals surface area contributed by atoms with Crippen LogP contribution >= 0.6 is 0 Å². The molecule has 118 valence electrons. The zero-order valence-corrected chi connectivity index (χ0v) is 12.7. The van der Waals surface area contributed by atoms with E-state index in [4.69, 9.17) is 4.74 Å². The Hall–Kier alpha value is -2.96. The van der Waals surface area contributed by atoms with Crippen LogP contribution in [0.5, 0.6) is 5.75 Å². The first-order valence-corrected chi connectivity index (χ1v) is 7.15. The second-order valence-corrected chi connectivity index (χ2v) is 5.16. The minimum absolute atomic E-state index is 0.0581. The van der Waals surface area contributed by atoms with E-state index in [-0.39, 0.29) is 18.4 Å². The molecule has 3 rings (SSSR count). The standard InChI is InChI=1S/C16H16N4O3/c1-23-13-4-2-3-11(5-13)16(22)18-7-15(21)20-8-12-6-17-10-19-14(12)9-20/h2-6,10H,7-9H2,1H3,(H,18,22). The highest BCUT2D eigenvalue weighted by atomic mass is 16.5. The van der Waals surface area contributed by atoms with Crippen LogP contribution in [-0.2, 0) is 17.9 Å². The van der Waals surface area contributed by atoms with Gasteiger partial charge in [-0.3, -0.25) is 9.59 Å². The molecule has 2 aromatic rings. The molecule has 23 heavy (non-hydrogen) atoms. The Morgan fingerprint density at radius 3 is 3.00 bits per heavy atom. The molecule has 1 aromatic carbocycles. The molecule has 0 atom stereocenters. The van der Waals surface area contributed by atoms with Gasteiger partial charge in [-0.2, -0.15) is 0 Å². The van der Waals surface area contributed by atoms with E-state index in [2.05, 4.69) is 15.3 Å². The Labute approximate surface area is 133 Å². The Morgan fingerprint density at radius 2 is 2.22 bits per heavy atom. The van der Waals surface area contributed by atoms with Crippen molar-refractivity contribution in [3.8, 4) is 5.75 Å². The third-order valence-corrected chi connectivity index (χ3v) is 3.67. The van der Waals surface area contributed by atoms with Crippen molar-refractivity contribution in [3.05, 3.63) is 53.6 Å². The molecule has 0 aliphatic carbocycles. The molecule has 0 saturated carbocycles. The third-order valence-electron chi connectivity index (χ3n) is 3.67. The molecule has 0 radical (unpaired) electrons. The Kier molecular flexibility index (Phi) is 4.18. The zero-order chi connectivity index (χ0) is 16.2. The summed E-state index contributed by atoms with van der Waals surface area (Å²) in [6, 6.07) is 6.78. The number of nitrogens with one attached hydrogen (secondary N) is 1. The SMILES string of the molecule is COc1cccc(C(=O)NCC(=O)N2Cc3cncnc3C2)c1. The molecule has 1 aliphatic heterocycles. The van der Waals surface area contributed by atoms with Crippen LogP contribution in [-0.4, -0.2) is 40.3 Å². The average Bonchev–Trinajstić information content (AvgIpc) is 3.03. The molecular weight excluding hydrogens is 296 g/mol. The number of nitrogens with zero attached hydrogens (tertiary/aromatic N) is 3. The minimum Gasteiger partial charge on any atom is -0.497 e. The summed E-state index contributed by atoms with van der Waals surface area (Å²) < 4.78 is 5.08. The molecule has 0 saturated heterocycles. The highest BCUT2D eigenvalue weighted by molar-refractivity contribution is 5.96. The smallest absolute Gasteiger partial charge is 0.251 e. The molecule has 1 aliphatic rings. The predicted octanol–water partition coefficient (Wildman–Crippen LogP) is 0.757. The van der Waals surface area contributed by atoms with E-state index in [1.165, 1.54) is 13.4 Å². The van der Waals surface area contributed by atoms with Gasteiger partial charge in [0, 0.05) is 23.9 Å². The first-order chi connectivity index (χ1) is 11.2. The number of rotatable bonds is 4. The van der Waals surface area contributed by atoms with Crippen molar-refractivity contribution in [2.24, 2.45) is 0 Å². The van der Waals surface area contributed by atoms with Gasteiger partial charge in [-0.1, -0.05) is 6.07 Å². The lowest BCUT2D eigenvalue weighted by Crippen LogP contribution is -2.37. The van der Waals surface area contributed by atoms with Gasteiger partial charge in [0.25, 0.3) is 5.91 Å². The lowest BCUT2D eigenvalue weighted by Gasteiger charge is -2.15. The number of fused-ring (bicyclic) bond motifs is 1. The van der Waals surface area contributed by atoms with Crippen molar-refractivity contribution in [2.75, 3.05) is 13.7 Å². The van der Waals surface area contributed by atoms with E-state index < -0.39 is 0 Å². The molecule has 0 spiro atoms. The van der Waals surface area contributed by atoms with E-state index in [0.717, 1.165) is 11.3 Å². The lowest BCUT2D eigenvalue weighted by molar-refractivity contribution is -0.130. The molecule has 0 bridgehead atoms. The van der Waals surface area contributed by atoms with E-state index in [0.29, 0.717) is 24.4 Å². The van der Waals surface area contributed by atoms with E-state index in [9.17, 15) is 9.59 Å². The highest BCUT2D eigenvalue weighted by Crippen LogP contribution is 2.19. The van der Waals surface area contributed by atoms with Gasteiger partial charge < -0.3 is 15.0 Å². The molecule has 1 N–H and O–H groups in total. The molecule has 7 nitrogen and oxygen atoms in total. The third kappa shape index (κ3) is 3.28. The Balaban J connectivity index is 1.56. The summed E-state index contributed by atoms with van der Waals surface area (Å²) in [4.78, 5) is 34.0. The number of aromatic nitrogens is 2. The van der Waals surface area contributed by atoms with E-state index >= 15 is 0 Å². The number of carbonyl (C=O) groups excluding carboxylic acids is 2. The second-order valence-electron chi connectivity index (χ2n) is 5.16. The van der Waals surface area contributed by atoms with Gasteiger partial charge in [-0.25, -0.2) is 9.97 Å². The van der Waals surface area contributed by atoms with Crippen molar-refractivity contribution >= 4 is 11.8 Å². The number of ether oxygens (including phenoxy) is 1. The maximum Gasteiger partial charge on any atom is 0.251 e. The number of hydrogen-bond acceptors (Lipinski definition) is 5. The first-order valence-electron chi connectivity index (χ1n) is 7.15. The summed E-state index contributed by atoms with van der Waals surface area (Å²) in [5.41, 5.74) is 2.25. The normalized spacial score (nSPS) is 12.7. The van der Waals surface area contributed by atoms with Gasteiger partial charge in [0.2, 0.25) is 5.91 Å². The summed E-state index contributed by atoms with van der Waals surface area (Å²) in [5, 5.41) is 2.63. The van der Waals surface area contributed by atoms with Crippen LogP contribution in [0.3, 0.4) is 0 Å². The number of hydrogen-bond donors (Lipinski definition) is 1. The highest BCUT2D eigenvalue weighted by Gasteiger charge is 2.24. The largest absolute Gasteiger partial charge is 0.497 e. The summed E-state index contributed by atoms with van der Waals surface area (Å²) in [6.45, 7) is 0.868. The predicted molar refractivity (Wildman–Crippen MR) is 81.6 cm³/mol. The monoisotopic (exact) mass is 312 g/mol. The van der Waals surface area contributed by atoms with E-state index in [1.54, 1.807) is 35.4 Å². The van der Waals surface area contributed by atoms with Crippen molar-refractivity contribution in [1.29, 1.82) is 0 Å². The molecular formula is C16H16N4O3.